The third kappa shape index (κ3) is 8.58. The lowest BCUT2D eigenvalue weighted by molar-refractivity contribution is -0.134. The van der Waals surface area contributed by atoms with Gasteiger partial charge in [-0.2, -0.15) is 0 Å². The van der Waals surface area contributed by atoms with Crippen LogP contribution in [0.2, 0.25) is 0 Å². The minimum absolute atomic E-state index is 0.382. The van der Waals surface area contributed by atoms with E-state index >= 15 is 0 Å². The van der Waals surface area contributed by atoms with E-state index in [2.05, 4.69) is 22.3 Å². The number of fused-ring (bicyclic) bond motifs is 1. The number of benzene rings is 1. The Balaban J connectivity index is 1.38. The number of nitrogens with zero attached hydrogens (tertiary/aromatic N) is 2. The fourth-order valence-corrected chi connectivity index (χ4v) is 4.57. The van der Waals surface area contributed by atoms with Crippen LogP contribution >= 0.6 is 12.0 Å². The van der Waals surface area contributed by atoms with E-state index in [-0.39, 0.29) is 5.97 Å². The average Bonchev–Trinajstić information content (AvgIpc) is 2.86. The van der Waals surface area contributed by atoms with Gasteiger partial charge in [0.1, 0.15) is 11.9 Å². The molecule has 8 heteroatoms. The van der Waals surface area contributed by atoms with Gasteiger partial charge in [-0.05, 0) is 75.3 Å². The van der Waals surface area contributed by atoms with Crippen molar-refractivity contribution < 1.29 is 13.7 Å². The molecule has 0 unspecified atom stereocenters. The van der Waals surface area contributed by atoms with Crippen molar-refractivity contribution in [1.82, 2.24) is 9.88 Å². The first-order valence-electron chi connectivity index (χ1n) is 12.2. The van der Waals surface area contributed by atoms with Gasteiger partial charge in [-0.15, -0.1) is 0 Å². The summed E-state index contributed by atoms with van der Waals surface area (Å²) in [5.74, 6) is 0.680. The van der Waals surface area contributed by atoms with Crippen molar-refractivity contribution in [2.24, 2.45) is 5.73 Å². The number of unbranched alkanes of at least 4 members (excludes halogenated alkanes) is 1. The van der Waals surface area contributed by atoms with Gasteiger partial charge in [-0.25, -0.2) is 9.78 Å². The molecule has 1 aromatic heterocycles. The van der Waals surface area contributed by atoms with Crippen molar-refractivity contribution in [2.45, 2.75) is 56.4 Å². The number of hydrogen-bond acceptors (Lipinski definition) is 8. The molecule has 186 valence electrons. The molecule has 2 heterocycles. The number of nitrogens with two attached hydrogens (primary N) is 1. The Hall–Kier alpha value is -2.13. The van der Waals surface area contributed by atoms with Gasteiger partial charge < -0.3 is 24.9 Å². The van der Waals surface area contributed by atoms with Crippen molar-refractivity contribution >= 4 is 23.8 Å². The molecule has 7 nitrogen and oxygen atoms in total. The zero-order chi connectivity index (χ0) is 24.2. The SMILES string of the molecule is COCCN(CCCCc1ccc2c(n1)NCCC2)CC[C@H](N)C(=O)OSc1ccccc1C. The van der Waals surface area contributed by atoms with Gasteiger partial charge in [0.15, 0.2) is 0 Å². The maximum absolute atomic E-state index is 12.4. The van der Waals surface area contributed by atoms with Crippen molar-refractivity contribution in [2.75, 3.05) is 45.2 Å². The van der Waals surface area contributed by atoms with Crippen LogP contribution < -0.4 is 11.1 Å². The molecule has 1 aliphatic rings. The number of hydrogen-bond donors (Lipinski definition) is 2. The molecule has 0 aliphatic carbocycles. The monoisotopic (exact) mass is 486 g/mol. The van der Waals surface area contributed by atoms with E-state index < -0.39 is 6.04 Å². The number of ether oxygens (including phenoxy) is 1. The zero-order valence-corrected chi connectivity index (χ0v) is 21.2. The molecule has 1 atom stereocenters. The molecule has 0 saturated carbocycles. The fraction of sp³-hybridized carbons (Fsp3) is 0.538. The van der Waals surface area contributed by atoms with Gasteiger partial charge in [-0.3, -0.25) is 0 Å². The highest BCUT2D eigenvalue weighted by Gasteiger charge is 2.18. The second kappa shape index (κ2) is 14.3. The highest BCUT2D eigenvalue weighted by Crippen LogP contribution is 2.23. The number of pyridine rings is 1. The molecule has 1 aliphatic heterocycles. The van der Waals surface area contributed by atoms with Gasteiger partial charge in [0.25, 0.3) is 0 Å². The molecule has 3 N–H and O–H groups in total. The van der Waals surface area contributed by atoms with E-state index in [1.165, 1.54) is 12.0 Å². The molecule has 0 amide bonds. The third-order valence-electron chi connectivity index (χ3n) is 6.09. The summed E-state index contributed by atoms with van der Waals surface area (Å²) in [6.45, 7) is 6.14. The maximum Gasteiger partial charge on any atom is 0.335 e. The van der Waals surface area contributed by atoms with E-state index in [1.54, 1.807) is 7.11 Å². The van der Waals surface area contributed by atoms with Crippen LogP contribution in [0.4, 0.5) is 5.82 Å². The maximum atomic E-state index is 12.4. The summed E-state index contributed by atoms with van der Waals surface area (Å²) >= 11 is 1.08. The topological polar surface area (TPSA) is 89.7 Å². The molecule has 1 aromatic carbocycles. The largest absolute Gasteiger partial charge is 0.385 e. The molecular weight excluding hydrogens is 448 g/mol. The highest BCUT2D eigenvalue weighted by atomic mass is 32.2. The summed E-state index contributed by atoms with van der Waals surface area (Å²) < 4.78 is 10.6. The second-order valence-corrected chi connectivity index (χ2v) is 9.55. The van der Waals surface area contributed by atoms with Crippen LogP contribution in [0.25, 0.3) is 0 Å². The van der Waals surface area contributed by atoms with Crippen molar-refractivity contribution in [1.29, 1.82) is 0 Å². The average molecular weight is 487 g/mol. The predicted octanol–water partition coefficient (Wildman–Crippen LogP) is 3.99. The Labute approximate surface area is 208 Å². The fourth-order valence-electron chi connectivity index (χ4n) is 3.94. The normalized spacial score (nSPS) is 13.9. The van der Waals surface area contributed by atoms with Gasteiger partial charge in [0.2, 0.25) is 0 Å². The minimum atomic E-state index is -0.645. The van der Waals surface area contributed by atoms with Crippen molar-refractivity contribution in [3.63, 3.8) is 0 Å². The Kier molecular flexibility index (Phi) is 11.1. The van der Waals surface area contributed by atoms with E-state index in [4.69, 9.17) is 19.6 Å². The molecule has 0 spiro atoms. The lowest BCUT2D eigenvalue weighted by Crippen LogP contribution is -2.37. The van der Waals surface area contributed by atoms with Gasteiger partial charge >= 0.3 is 5.97 Å². The number of anilines is 1. The van der Waals surface area contributed by atoms with Crippen LogP contribution in [0.1, 0.15) is 42.5 Å². The Bertz CT molecular complexity index is 911. The lowest BCUT2D eigenvalue weighted by atomic mass is 10.1. The first kappa shape index (κ1) is 26.5. The summed E-state index contributed by atoms with van der Waals surface area (Å²) in [5, 5.41) is 3.41. The van der Waals surface area contributed by atoms with E-state index in [1.807, 2.05) is 31.2 Å². The van der Waals surface area contributed by atoms with Crippen molar-refractivity contribution in [3.8, 4) is 0 Å². The summed E-state index contributed by atoms with van der Waals surface area (Å²) in [6.07, 6.45) is 5.93. The molecule has 0 fully saturated rings. The highest BCUT2D eigenvalue weighted by molar-refractivity contribution is 7.95. The van der Waals surface area contributed by atoms with Crippen LogP contribution in [0, 0.1) is 6.92 Å². The zero-order valence-electron chi connectivity index (χ0n) is 20.4. The van der Waals surface area contributed by atoms with Gasteiger partial charge in [0.05, 0.1) is 23.5 Å². The lowest BCUT2D eigenvalue weighted by Gasteiger charge is -2.23. The summed E-state index contributed by atoms with van der Waals surface area (Å²) in [5.41, 5.74) is 9.67. The van der Waals surface area contributed by atoms with E-state index in [9.17, 15) is 4.79 Å². The van der Waals surface area contributed by atoms with E-state index in [0.29, 0.717) is 13.0 Å². The van der Waals surface area contributed by atoms with Crippen LogP contribution in [0.5, 0.6) is 0 Å². The quantitative estimate of drug-likeness (QED) is 0.306. The molecule has 2 aromatic rings. The number of aryl methyl sites for hydroxylation is 3. The minimum Gasteiger partial charge on any atom is -0.385 e. The number of aromatic nitrogens is 1. The molecule has 0 radical (unpaired) electrons. The van der Waals surface area contributed by atoms with E-state index in [0.717, 1.165) is 85.9 Å². The summed E-state index contributed by atoms with van der Waals surface area (Å²) in [7, 11) is 1.71. The first-order valence-corrected chi connectivity index (χ1v) is 12.9. The standard InChI is InChI=1S/C26H38N4O3S/c1-20-8-3-4-11-24(20)34-33-26(31)23(27)14-17-30(18-19-32-2)16-6-5-10-22-13-12-21-9-7-15-28-25(21)29-22/h3-4,8,11-13,23H,5-7,9-10,14-19,27H2,1-2H3,(H,28,29)/t23-/m0/s1. The molecular formula is C26H38N4O3S. The van der Waals surface area contributed by atoms with Crippen molar-refractivity contribution in [3.05, 3.63) is 53.2 Å². The Morgan fingerprint density at radius 3 is 2.88 bits per heavy atom. The number of rotatable bonds is 14. The Morgan fingerprint density at radius 2 is 2.06 bits per heavy atom. The van der Waals surface area contributed by atoms with Crippen LogP contribution in [-0.2, 0) is 26.6 Å². The number of carbonyl (C=O) groups excluding carboxylic acids is 1. The first-order chi connectivity index (χ1) is 16.6. The number of carbonyl (C=O) groups is 1. The molecule has 3 rings (SSSR count). The predicted molar refractivity (Wildman–Crippen MR) is 138 cm³/mol. The second-order valence-electron chi connectivity index (χ2n) is 8.78. The molecule has 0 bridgehead atoms. The van der Waals surface area contributed by atoms with Crippen LogP contribution in [-0.4, -0.2) is 61.8 Å². The number of nitrogens with one attached hydrogen (secondary N) is 1. The summed E-state index contributed by atoms with van der Waals surface area (Å²) in [6, 6.07) is 11.5. The van der Waals surface area contributed by atoms with Crippen LogP contribution in [0.3, 0.4) is 0 Å². The Morgan fingerprint density at radius 1 is 1.21 bits per heavy atom. The smallest absolute Gasteiger partial charge is 0.335 e. The molecule has 0 saturated heterocycles. The van der Waals surface area contributed by atoms with Crippen LogP contribution in [0.15, 0.2) is 41.3 Å². The number of methoxy groups -OCH3 is 1. The summed E-state index contributed by atoms with van der Waals surface area (Å²) in [4.78, 5) is 20.4. The third-order valence-corrected chi connectivity index (χ3v) is 6.97. The molecule has 34 heavy (non-hydrogen) atoms. The van der Waals surface area contributed by atoms with Gasteiger partial charge in [0, 0.05) is 32.4 Å². The van der Waals surface area contributed by atoms with Gasteiger partial charge in [-0.1, -0.05) is 24.3 Å².